The number of hydrogen-bond donors (Lipinski definition) is 1. The Balaban J connectivity index is 1.59. The van der Waals surface area contributed by atoms with Crippen LogP contribution in [0.15, 0.2) is 29.2 Å². The zero-order valence-electron chi connectivity index (χ0n) is 16.0. The lowest BCUT2D eigenvalue weighted by molar-refractivity contribution is -0.137. The molecule has 156 valence electrons. The Labute approximate surface area is 179 Å². The average molecular weight is 437 g/mol. The van der Waals surface area contributed by atoms with Crippen LogP contribution >= 0.6 is 24.0 Å². The number of carboxylic acids is 1. The first-order valence-corrected chi connectivity index (χ1v) is 10.8. The summed E-state index contributed by atoms with van der Waals surface area (Å²) in [6.45, 7) is 4.96. The molecule has 2 fully saturated rings. The number of thiocarbonyl (C=S) groups is 1. The molecule has 2 heterocycles. The van der Waals surface area contributed by atoms with Gasteiger partial charge in [0.2, 0.25) is 0 Å². The molecule has 1 amide bonds. The molecule has 0 saturated carbocycles. The molecule has 2 aliphatic heterocycles. The summed E-state index contributed by atoms with van der Waals surface area (Å²) in [5, 5.41) is 8.77. The largest absolute Gasteiger partial charge is 0.492 e. The Morgan fingerprint density at radius 1 is 1.28 bits per heavy atom. The van der Waals surface area contributed by atoms with Gasteiger partial charge in [0, 0.05) is 31.7 Å². The van der Waals surface area contributed by atoms with Crippen molar-refractivity contribution in [1.82, 2.24) is 9.80 Å². The number of hydrogen-bond acceptors (Lipinski definition) is 7. The number of morpholine rings is 1. The third-order valence-corrected chi connectivity index (χ3v) is 5.99. The maximum absolute atomic E-state index is 12.8. The maximum Gasteiger partial charge on any atom is 0.306 e. The molecule has 2 aliphatic rings. The number of carbonyl (C=O) groups is 2. The van der Waals surface area contributed by atoms with E-state index in [1.54, 1.807) is 17.0 Å². The summed E-state index contributed by atoms with van der Waals surface area (Å²) in [6.07, 6.45) is 2.53. The van der Waals surface area contributed by atoms with Crippen molar-refractivity contribution in [2.24, 2.45) is 0 Å². The van der Waals surface area contributed by atoms with Crippen LogP contribution < -0.4 is 4.74 Å². The summed E-state index contributed by atoms with van der Waals surface area (Å²) >= 11 is 6.70. The Bertz CT molecular complexity index is 793. The van der Waals surface area contributed by atoms with Gasteiger partial charge in [-0.3, -0.25) is 19.4 Å². The molecule has 0 aromatic heterocycles. The molecule has 9 heteroatoms. The van der Waals surface area contributed by atoms with E-state index in [9.17, 15) is 9.59 Å². The van der Waals surface area contributed by atoms with Crippen molar-refractivity contribution >= 4 is 46.3 Å². The number of carbonyl (C=O) groups excluding carboxylic acids is 1. The SMILES string of the molecule is O=C(O)CCOc1ccccc1/C=C1/SC(=S)N(CCCN2CCOCC2)C1=O. The number of aliphatic carboxylic acids is 1. The van der Waals surface area contributed by atoms with Gasteiger partial charge >= 0.3 is 5.97 Å². The lowest BCUT2D eigenvalue weighted by Crippen LogP contribution is -2.38. The van der Waals surface area contributed by atoms with Crippen LogP contribution in [0.2, 0.25) is 0 Å². The maximum atomic E-state index is 12.8. The number of thioether (sulfide) groups is 1. The van der Waals surface area contributed by atoms with E-state index in [0.29, 0.717) is 21.5 Å². The zero-order valence-corrected chi connectivity index (χ0v) is 17.7. The van der Waals surface area contributed by atoms with E-state index in [4.69, 9.17) is 26.8 Å². The monoisotopic (exact) mass is 436 g/mol. The number of rotatable bonds is 9. The Hall–Kier alpha value is -1.94. The van der Waals surface area contributed by atoms with Gasteiger partial charge in [0.15, 0.2) is 0 Å². The van der Waals surface area contributed by atoms with E-state index in [-0.39, 0.29) is 18.9 Å². The molecule has 0 atom stereocenters. The van der Waals surface area contributed by atoms with Crippen molar-refractivity contribution in [1.29, 1.82) is 0 Å². The van der Waals surface area contributed by atoms with Crippen LogP contribution in [-0.2, 0) is 14.3 Å². The number of nitrogens with zero attached hydrogens (tertiary/aromatic N) is 2. The minimum absolute atomic E-state index is 0.0721. The van der Waals surface area contributed by atoms with E-state index in [1.165, 1.54) is 11.8 Å². The quantitative estimate of drug-likeness (QED) is 0.467. The molecule has 1 aromatic rings. The number of ether oxygens (including phenoxy) is 2. The van der Waals surface area contributed by atoms with Crippen LogP contribution in [-0.4, -0.2) is 77.1 Å². The Morgan fingerprint density at radius 2 is 2.03 bits per heavy atom. The molecule has 7 nitrogen and oxygen atoms in total. The van der Waals surface area contributed by atoms with Crippen LogP contribution in [0.1, 0.15) is 18.4 Å². The molecule has 3 rings (SSSR count). The second-order valence-electron chi connectivity index (χ2n) is 6.67. The Kier molecular flexibility index (Phi) is 8.05. The predicted octanol–water partition coefficient (Wildman–Crippen LogP) is 2.46. The summed E-state index contributed by atoms with van der Waals surface area (Å²) in [5.74, 6) is -0.464. The van der Waals surface area contributed by atoms with Crippen LogP contribution in [0.25, 0.3) is 6.08 Å². The van der Waals surface area contributed by atoms with Crippen LogP contribution in [0.4, 0.5) is 0 Å². The molecule has 0 bridgehead atoms. The molecule has 0 radical (unpaired) electrons. The number of amides is 1. The van der Waals surface area contributed by atoms with Gasteiger partial charge in [0.1, 0.15) is 10.1 Å². The van der Waals surface area contributed by atoms with E-state index in [2.05, 4.69) is 4.90 Å². The first-order valence-electron chi connectivity index (χ1n) is 9.53. The lowest BCUT2D eigenvalue weighted by Gasteiger charge is -2.27. The first-order chi connectivity index (χ1) is 14.0. The molecular weight excluding hydrogens is 412 g/mol. The highest BCUT2D eigenvalue weighted by atomic mass is 32.2. The summed E-state index contributed by atoms with van der Waals surface area (Å²) in [4.78, 5) is 28.0. The highest BCUT2D eigenvalue weighted by Gasteiger charge is 2.31. The number of benzene rings is 1. The van der Waals surface area contributed by atoms with Gasteiger partial charge in [-0.25, -0.2) is 0 Å². The number of para-hydroxylation sites is 1. The van der Waals surface area contributed by atoms with Crippen LogP contribution in [0.5, 0.6) is 5.75 Å². The summed E-state index contributed by atoms with van der Waals surface area (Å²) in [5.41, 5.74) is 0.728. The van der Waals surface area contributed by atoms with E-state index in [1.807, 2.05) is 18.2 Å². The van der Waals surface area contributed by atoms with Crippen molar-refractivity contribution in [2.45, 2.75) is 12.8 Å². The molecule has 1 N–H and O–H groups in total. The second kappa shape index (κ2) is 10.7. The highest BCUT2D eigenvalue weighted by Crippen LogP contribution is 2.34. The topological polar surface area (TPSA) is 79.3 Å². The van der Waals surface area contributed by atoms with Gasteiger partial charge in [-0.05, 0) is 18.6 Å². The summed E-state index contributed by atoms with van der Waals surface area (Å²) in [6, 6.07) is 7.25. The fourth-order valence-electron chi connectivity index (χ4n) is 3.09. The third-order valence-electron chi connectivity index (χ3n) is 4.61. The standard InChI is InChI=1S/C20H24N2O5S2/c23-18(24)6-11-27-16-5-2-1-4-15(16)14-17-19(25)22(20(28)29-17)8-3-7-21-9-12-26-13-10-21/h1-2,4-5,14H,3,6-13H2,(H,23,24)/b17-14+. The number of carboxylic acid groups (broad SMARTS) is 1. The van der Waals surface area contributed by atoms with Crippen molar-refractivity contribution in [3.05, 3.63) is 34.7 Å². The third kappa shape index (κ3) is 6.27. The molecule has 1 aromatic carbocycles. The van der Waals surface area contributed by atoms with Crippen molar-refractivity contribution < 1.29 is 24.2 Å². The van der Waals surface area contributed by atoms with Crippen LogP contribution in [0.3, 0.4) is 0 Å². The predicted molar refractivity (Wildman–Crippen MR) is 116 cm³/mol. The summed E-state index contributed by atoms with van der Waals surface area (Å²) < 4.78 is 11.5. The van der Waals surface area contributed by atoms with Crippen LogP contribution in [0, 0.1) is 0 Å². The van der Waals surface area contributed by atoms with E-state index >= 15 is 0 Å². The normalized spacial score (nSPS) is 19.2. The molecule has 0 unspecified atom stereocenters. The van der Waals surface area contributed by atoms with Gasteiger partial charge in [-0.2, -0.15) is 0 Å². The van der Waals surface area contributed by atoms with Gasteiger partial charge < -0.3 is 14.6 Å². The molecule has 0 aliphatic carbocycles. The van der Waals surface area contributed by atoms with Crippen molar-refractivity contribution in [3.63, 3.8) is 0 Å². The minimum atomic E-state index is -0.916. The average Bonchev–Trinajstić information content (AvgIpc) is 2.97. The minimum Gasteiger partial charge on any atom is -0.492 e. The summed E-state index contributed by atoms with van der Waals surface area (Å²) in [7, 11) is 0. The lowest BCUT2D eigenvalue weighted by atomic mass is 10.2. The Morgan fingerprint density at radius 3 is 2.79 bits per heavy atom. The van der Waals surface area contributed by atoms with E-state index < -0.39 is 5.97 Å². The van der Waals surface area contributed by atoms with Gasteiger partial charge in [0.05, 0.1) is 31.1 Å². The molecule has 2 saturated heterocycles. The van der Waals surface area contributed by atoms with Crippen molar-refractivity contribution in [3.8, 4) is 5.75 Å². The zero-order chi connectivity index (χ0) is 20.6. The van der Waals surface area contributed by atoms with Gasteiger partial charge in [-0.15, -0.1) is 0 Å². The van der Waals surface area contributed by atoms with Gasteiger partial charge in [-0.1, -0.05) is 42.2 Å². The molecular formula is C20H24N2O5S2. The fourth-order valence-corrected chi connectivity index (χ4v) is 4.39. The molecule has 29 heavy (non-hydrogen) atoms. The van der Waals surface area contributed by atoms with Gasteiger partial charge in [0.25, 0.3) is 5.91 Å². The first kappa shape index (κ1) is 21.8. The van der Waals surface area contributed by atoms with Crippen molar-refractivity contribution in [2.75, 3.05) is 46.0 Å². The second-order valence-corrected chi connectivity index (χ2v) is 8.35. The smallest absolute Gasteiger partial charge is 0.306 e. The molecule has 0 spiro atoms. The van der Waals surface area contributed by atoms with E-state index in [0.717, 1.165) is 44.8 Å². The highest BCUT2D eigenvalue weighted by molar-refractivity contribution is 8.26. The fraction of sp³-hybridized carbons (Fsp3) is 0.450.